The molecule has 2 N–H and O–H groups in total. The predicted molar refractivity (Wildman–Crippen MR) is 107 cm³/mol. The van der Waals surface area contributed by atoms with Gasteiger partial charge in [-0.2, -0.15) is 0 Å². The third-order valence-corrected chi connectivity index (χ3v) is 3.92. The molecule has 1 saturated heterocycles. The zero-order chi connectivity index (χ0) is 16.3. The number of ether oxygens (including phenoxy) is 1. The second-order valence-electron chi connectivity index (χ2n) is 5.57. The molecule has 0 atom stereocenters. The lowest BCUT2D eigenvalue weighted by Gasteiger charge is -2.26. The maximum atomic E-state index is 13.5. The molecule has 0 amide bonds. The van der Waals surface area contributed by atoms with E-state index in [9.17, 15) is 4.39 Å². The van der Waals surface area contributed by atoms with E-state index in [2.05, 4.69) is 20.5 Å². The van der Waals surface area contributed by atoms with Crippen molar-refractivity contribution in [2.45, 2.75) is 12.8 Å². The molecule has 1 aromatic carbocycles. The monoisotopic (exact) mass is 450 g/mol. The second-order valence-corrected chi connectivity index (χ2v) is 5.57. The topological polar surface area (TPSA) is 48.9 Å². The van der Waals surface area contributed by atoms with Gasteiger partial charge in [-0.25, -0.2) is 4.39 Å². The van der Waals surface area contributed by atoms with Crippen molar-refractivity contribution in [1.29, 1.82) is 0 Å². The molecule has 1 aromatic rings. The first-order valence-corrected chi connectivity index (χ1v) is 8.27. The molecule has 0 bridgehead atoms. The molecule has 0 saturated carbocycles. The fourth-order valence-corrected chi connectivity index (χ4v) is 2.57. The third kappa shape index (κ3) is 7.76. The van der Waals surface area contributed by atoms with Crippen LogP contribution in [0.2, 0.25) is 0 Å². The number of guanidine groups is 1. The second kappa shape index (κ2) is 12.4. The van der Waals surface area contributed by atoms with Crippen LogP contribution in [0.25, 0.3) is 0 Å². The van der Waals surface area contributed by atoms with Gasteiger partial charge in [0, 0.05) is 33.2 Å². The van der Waals surface area contributed by atoms with E-state index in [0.29, 0.717) is 13.0 Å². The van der Waals surface area contributed by atoms with E-state index in [1.807, 2.05) is 12.1 Å². The van der Waals surface area contributed by atoms with Gasteiger partial charge in [0.2, 0.25) is 0 Å². The van der Waals surface area contributed by atoms with Crippen LogP contribution >= 0.6 is 24.0 Å². The minimum absolute atomic E-state index is 0. The summed E-state index contributed by atoms with van der Waals surface area (Å²) in [6.45, 7) is 6.33. The normalized spacial score (nSPS) is 15.7. The summed E-state index contributed by atoms with van der Waals surface area (Å²) in [6.07, 6.45) is 1.70. The number of morpholine rings is 1. The summed E-state index contributed by atoms with van der Waals surface area (Å²) in [4.78, 5) is 6.61. The van der Waals surface area contributed by atoms with Crippen LogP contribution in [0.15, 0.2) is 29.3 Å². The molecular formula is C17H28FIN4O. The van der Waals surface area contributed by atoms with Crippen molar-refractivity contribution >= 4 is 29.9 Å². The highest BCUT2D eigenvalue weighted by molar-refractivity contribution is 14.0. The molecule has 1 aliphatic heterocycles. The number of halogens is 2. The molecular weight excluding hydrogens is 422 g/mol. The Hall–Kier alpha value is -0.930. The molecule has 5 nitrogen and oxygen atoms in total. The Morgan fingerprint density at radius 3 is 2.62 bits per heavy atom. The van der Waals surface area contributed by atoms with Crippen molar-refractivity contribution in [1.82, 2.24) is 15.5 Å². The van der Waals surface area contributed by atoms with Gasteiger partial charge < -0.3 is 15.4 Å². The highest BCUT2D eigenvalue weighted by Gasteiger charge is 2.09. The van der Waals surface area contributed by atoms with Crippen molar-refractivity contribution in [3.63, 3.8) is 0 Å². The molecule has 1 heterocycles. The van der Waals surface area contributed by atoms with E-state index in [1.54, 1.807) is 13.1 Å². The number of hydrogen-bond acceptors (Lipinski definition) is 3. The number of hydrogen-bond donors (Lipinski definition) is 2. The van der Waals surface area contributed by atoms with Crippen LogP contribution in [0.1, 0.15) is 12.0 Å². The summed E-state index contributed by atoms with van der Waals surface area (Å²) >= 11 is 0. The smallest absolute Gasteiger partial charge is 0.190 e. The van der Waals surface area contributed by atoms with Crippen LogP contribution in [0.3, 0.4) is 0 Å². The predicted octanol–water partition coefficient (Wildman–Crippen LogP) is 1.87. The van der Waals surface area contributed by atoms with Gasteiger partial charge in [-0.3, -0.25) is 9.89 Å². The highest BCUT2D eigenvalue weighted by atomic mass is 127. The van der Waals surface area contributed by atoms with E-state index in [1.165, 1.54) is 6.07 Å². The van der Waals surface area contributed by atoms with Crippen LogP contribution in [-0.4, -0.2) is 63.8 Å². The molecule has 2 rings (SSSR count). The lowest BCUT2D eigenvalue weighted by atomic mass is 10.1. The minimum atomic E-state index is -0.150. The quantitative estimate of drug-likeness (QED) is 0.288. The Bertz CT molecular complexity index is 495. The molecule has 1 aliphatic rings. The van der Waals surface area contributed by atoms with Crippen LogP contribution in [0.4, 0.5) is 4.39 Å². The number of nitrogens with zero attached hydrogens (tertiary/aromatic N) is 2. The van der Waals surface area contributed by atoms with E-state index < -0.39 is 0 Å². The number of benzene rings is 1. The molecule has 24 heavy (non-hydrogen) atoms. The summed E-state index contributed by atoms with van der Waals surface area (Å²) in [5.41, 5.74) is 0.725. The zero-order valence-electron chi connectivity index (χ0n) is 14.3. The van der Waals surface area contributed by atoms with Crippen molar-refractivity contribution in [2.75, 3.05) is 53.0 Å². The van der Waals surface area contributed by atoms with Gasteiger partial charge in [0.15, 0.2) is 5.96 Å². The SMILES string of the molecule is CN=C(NCCCN1CCOCC1)NCCc1ccccc1F.I. The fourth-order valence-electron chi connectivity index (χ4n) is 2.57. The highest BCUT2D eigenvalue weighted by Crippen LogP contribution is 2.06. The summed E-state index contributed by atoms with van der Waals surface area (Å²) < 4.78 is 18.9. The number of aliphatic imine (C=N–C) groups is 1. The van der Waals surface area contributed by atoms with Crippen LogP contribution < -0.4 is 10.6 Å². The van der Waals surface area contributed by atoms with Crippen LogP contribution in [-0.2, 0) is 11.2 Å². The first-order valence-electron chi connectivity index (χ1n) is 8.27. The largest absolute Gasteiger partial charge is 0.379 e. The Balaban J connectivity index is 0.00000288. The van der Waals surface area contributed by atoms with E-state index in [4.69, 9.17) is 4.74 Å². The standard InChI is InChI=1S/C17H27FN4O.HI/c1-19-17(20-8-4-10-22-11-13-23-14-12-22)21-9-7-15-5-2-3-6-16(15)18;/h2-3,5-6H,4,7-14H2,1H3,(H2,19,20,21);1H. The number of rotatable bonds is 7. The summed E-state index contributed by atoms with van der Waals surface area (Å²) in [5.74, 6) is 0.617. The zero-order valence-corrected chi connectivity index (χ0v) is 16.6. The van der Waals surface area contributed by atoms with Crippen molar-refractivity contribution in [3.05, 3.63) is 35.6 Å². The first-order chi connectivity index (χ1) is 11.3. The Kier molecular flexibility index (Phi) is 10.9. The molecule has 1 fully saturated rings. The summed E-state index contributed by atoms with van der Waals surface area (Å²) in [7, 11) is 1.75. The van der Waals surface area contributed by atoms with Gasteiger partial charge in [0.05, 0.1) is 13.2 Å². The Morgan fingerprint density at radius 2 is 1.92 bits per heavy atom. The van der Waals surface area contributed by atoms with E-state index in [-0.39, 0.29) is 29.8 Å². The molecule has 0 aromatic heterocycles. The molecule has 0 unspecified atom stereocenters. The fraction of sp³-hybridized carbons (Fsp3) is 0.588. The van der Waals surface area contributed by atoms with Crippen molar-refractivity contribution in [2.24, 2.45) is 4.99 Å². The van der Waals surface area contributed by atoms with E-state index >= 15 is 0 Å². The summed E-state index contributed by atoms with van der Waals surface area (Å²) in [5, 5.41) is 6.52. The summed E-state index contributed by atoms with van der Waals surface area (Å²) in [6, 6.07) is 6.88. The molecule has 0 aliphatic carbocycles. The maximum Gasteiger partial charge on any atom is 0.190 e. The van der Waals surface area contributed by atoms with Gasteiger partial charge in [-0.1, -0.05) is 18.2 Å². The minimum Gasteiger partial charge on any atom is -0.379 e. The average molecular weight is 450 g/mol. The lowest BCUT2D eigenvalue weighted by molar-refractivity contribution is 0.0376. The molecule has 0 spiro atoms. The van der Waals surface area contributed by atoms with Crippen molar-refractivity contribution < 1.29 is 9.13 Å². The van der Waals surface area contributed by atoms with Gasteiger partial charge in [0.25, 0.3) is 0 Å². The average Bonchev–Trinajstić information content (AvgIpc) is 2.59. The van der Waals surface area contributed by atoms with Crippen LogP contribution in [0.5, 0.6) is 0 Å². The molecule has 136 valence electrons. The number of nitrogens with one attached hydrogen (secondary N) is 2. The Morgan fingerprint density at radius 1 is 1.21 bits per heavy atom. The Labute approximate surface area is 161 Å². The van der Waals surface area contributed by atoms with Gasteiger partial charge >= 0.3 is 0 Å². The van der Waals surface area contributed by atoms with Gasteiger partial charge in [-0.15, -0.1) is 24.0 Å². The van der Waals surface area contributed by atoms with Gasteiger partial charge in [0.1, 0.15) is 5.82 Å². The third-order valence-electron chi connectivity index (χ3n) is 3.92. The van der Waals surface area contributed by atoms with Gasteiger partial charge in [-0.05, 0) is 31.0 Å². The van der Waals surface area contributed by atoms with Crippen molar-refractivity contribution in [3.8, 4) is 0 Å². The lowest BCUT2D eigenvalue weighted by Crippen LogP contribution is -2.41. The van der Waals surface area contributed by atoms with E-state index in [0.717, 1.165) is 57.3 Å². The van der Waals surface area contributed by atoms with Crippen LogP contribution in [0, 0.1) is 5.82 Å². The molecule has 7 heteroatoms. The first kappa shape index (κ1) is 21.1. The molecule has 0 radical (unpaired) electrons. The maximum absolute atomic E-state index is 13.5.